The number of methoxy groups -OCH3 is 1. The molecule has 1 atom stereocenters. The number of carbonyl (C=O) groups is 1. The molecule has 0 fully saturated rings. The van der Waals surface area contributed by atoms with Crippen LogP contribution >= 0.6 is 11.6 Å². The topological polar surface area (TPSA) is 66.8 Å². The number of halogens is 1. The summed E-state index contributed by atoms with van der Waals surface area (Å²) in [5, 5.41) is 18.3. The van der Waals surface area contributed by atoms with Gasteiger partial charge in [-0.3, -0.25) is 4.79 Å². The SMILES string of the molecule is COc1ccc(Cl)cc1C(CO)C(=O)O. The first kappa shape index (κ1) is 11.8. The quantitative estimate of drug-likeness (QED) is 0.823. The van der Waals surface area contributed by atoms with Crippen LogP contribution in [0.4, 0.5) is 0 Å². The van der Waals surface area contributed by atoms with Crippen molar-refractivity contribution >= 4 is 17.6 Å². The van der Waals surface area contributed by atoms with Crippen LogP contribution in [0.15, 0.2) is 18.2 Å². The molecule has 15 heavy (non-hydrogen) atoms. The van der Waals surface area contributed by atoms with Crippen LogP contribution < -0.4 is 4.74 Å². The minimum Gasteiger partial charge on any atom is -0.496 e. The highest BCUT2D eigenvalue weighted by Crippen LogP contribution is 2.29. The molecule has 0 aliphatic rings. The van der Waals surface area contributed by atoms with E-state index >= 15 is 0 Å². The molecule has 0 aromatic heterocycles. The lowest BCUT2D eigenvalue weighted by Gasteiger charge is -2.13. The van der Waals surface area contributed by atoms with Crippen molar-refractivity contribution in [3.05, 3.63) is 28.8 Å². The van der Waals surface area contributed by atoms with Crippen molar-refractivity contribution < 1.29 is 19.7 Å². The van der Waals surface area contributed by atoms with Gasteiger partial charge in [-0.05, 0) is 18.2 Å². The molecule has 5 heteroatoms. The Bertz CT molecular complexity index is 364. The summed E-state index contributed by atoms with van der Waals surface area (Å²) in [6, 6.07) is 4.65. The number of aliphatic hydroxyl groups is 1. The highest BCUT2D eigenvalue weighted by atomic mass is 35.5. The molecule has 1 aromatic carbocycles. The Hall–Kier alpha value is -1.26. The summed E-state index contributed by atoms with van der Waals surface area (Å²) in [6.45, 7) is -0.494. The third-order valence-electron chi connectivity index (χ3n) is 2.05. The molecular formula is C10H11ClO4. The van der Waals surface area contributed by atoms with Gasteiger partial charge in [-0.15, -0.1) is 0 Å². The average molecular weight is 231 g/mol. The molecule has 1 unspecified atom stereocenters. The zero-order valence-corrected chi connectivity index (χ0v) is 8.86. The van der Waals surface area contributed by atoms with Crippen molar-refractivity contribution in [2.45, 2.75) is 5.92 Å². The lowest BCUT2D eigenvalue weighted by atomic mass is 9.99. The first-order valence-corrected chi connectivity index (χ1v) is 4.65. The minimum absolute atomic E-state index is 0.375. The summed E-state index contributed by atoms with van der Waals surface area (Å²) in [5.74, 6) is -1.72. The van der Waals surface area contributed by atoms with Gasteiger partial charge in [-0.2, -0.15) is 0 Å². The highest BCUT2D eigenvalue weighted by molar-refractivity contribution is 6.30. The van der Waals surface area contributed by atoms with Gasteiger partial charge in [0.05, 0.1) is 13.7 Å². The molecule has 1 rings (SSSR count). The Morgan fingerprint density at radius 3 is 2.73 bits per heavy atom. The number of aliphatic hydroxyl groups excluding tert-OH is 1. The van der Waals surface area contributed by atoms with Gasteiger partial charge in [0.15, 0.2) is 0 Å². The first-order chi connectivity index (χ1) is 7.10. The number of aliphatic carboxylic acids is 1. The molecule has 0 bridgehead atoms. The summed E-state index contributed by atoms with van der Waals surface area (Å²) >= 11 is 5.75. The second-order valence-corrected chi connectivity index (χ2v) is 3.40. The molecule has 1 aromatic rings. The lowest BCUT2D eigenvalue weighted by Crippen LogP contribution is -2.16. The second-order valence-electron chi connectivity index (χ2n) is 2.96. The van der Waals surface area contributed by atoms with E-state index in [0.29, 0.717) is 16.3 Å². The predicted molar refractivity (Wildman–Crippen MR) is 55.5 cm³/mol. The number of ether oxygens (including phenoxy) is 1. The Kier molecular flexibility index (Phi) is 3.94. The van der Waals surface area contributed by atoms with Gasteiger partial charge in [0.25, 0.3) is 0 Å². The summed E-state index contributed by atoms with van der Waals surface area (Å²) in [4.78, 5) is 10.9. The first-order valence-electron chi connectivity index (χ1n) is 4.27. The van der Waals surface area contributed by atoms with Gasteiger partial charge in [-0.25, -0.2) is 0 Å². The molecule has 0 saturated heterocycles. The summed E-state index contributed by atoms with van der Waals surface area (Å²) in [7, 11) is 1.43. The maximum Gasteiger partial charge on any atom is 0.313 e. The van der Waals surface area contributed by atoms with E-state index in [0.717, 1.165) is 0 Å². The summed E-state index contributed by atoms with van der Waals surface area (Å²) < 4.78 is 5.00. The zero-order valence-electron chi connectivity index (χ0n) is 8.11. The van der Waals surface area contributed by atoms with Gasteiger partial charge in [0.2, 0.25) is 0 Å². The monoisotopic (exact) mass is 230 g/mol. The highest BCUT2D eigenvalue weighted by Gasteiger charge is 2.22. The molecule has 0 amide bonds. The largest absolute Gasteiger partial charge is 0.496 e. The Morgan fingerprint density at radius 2 is 2.27 bits per heavy atom. The average Bonchev–Trinajstić information content (AvgIpc) is 2.18. The van der Waals surface area contributed by atoms with Crippen molar-refractivity contribution in [2.75, 3.05) is 13.7 Å². The fourth-order valence-electron chi connectivity index (χ4n) is 1.29. The fourth-order valence-corrected chi connectivity index (χ4v) is 1.47. The lowest BCUT2D eigenvalue weighted by molar-refractivity contribution is -0.139. The van der Waals surface area contributed by atoms with Crippen LogP contribution in [-0.4, -0.2) is 29.9 Å². The van der Waals surface area contributed by atoms with E-state index in [1.807, 2.05) is 0 Å². The van der Waals surface area contributed by atoms with Gasteiger partial charge in [-0.1, -0.05) is 11.6 Å². The van der Waals surface area contributed by atoms with Gasteiger partial charge < -0.3 is 14.9 Å². The van der Waals surface area contributed by atoms with Crippen LogP contribution in [0.1, 0.15) is 11.5 Å². The van der Waals surface area contributed by atoms with Gasteiger partial charge in [0.1, 0.15) is 11.7 Å². The summed E-state index contributed by atoms with van der Waals surface area (Å²) in [6.07, 6.45) is 0. The van der Waals surface area contributed by atoms with Crippen LogP contribution in [0.2, 0.25) is 5.02 Å². The van der Waals surface area contributed by atoms with Crippen LogP contribution in [0, 0.1) is 0 Å². The maximum absolute atomic E-state index is 10.9. The molecule has 0 aliphatic heterocycles. The number of carboxylic acid groups (broad SMARTS) is 1. The number of rotatable bonds is 4. The second kappa shape index (κ2) is 5.00. The molecule has 0 spiro atoms. The maximum atomic E-state index is 10.9. The minimum atomic E-state index is -1.11. The molecule has 0 aliphatic carbocycles. The molecule has 0 heterocycles. The van der Waals surface area contributed by atoms with Crippen LogP contribution in [0.3, 0.4) is 0 Å². The third kappa shape index (κ3) is 2.61. The van der Waals surface area contributed by atoms with E-state index in [1.165, 1.54) is 13.2 Å². The number of hydrogen-bond acceptors (Lipinski definition) is 3. The zero-order chi connectivity index (χ0) is 11.4. The summed E-state index contributed by atoms with van der Waals surface area (Å²) in [5.41, 5.74) is 0.375. The van der Waals surface area contributed by atoms with Crippen molar-refractivity contribution in [1.82, 2.24) is 0 Å². The standard InChI is InChI=1S/C10H11ClO4/c1-15-9-3-2-6(11)4-7(9)8(5-12)10(13)14/h2-4,8,12H,5H2,1H3,(H,13,14). The normalized spacial score (nSPS) is 12.2. The Labute approximate surface area is 92.1 Å². The predicted octanol–water partition coefficient (Wildman–Crippen LogP) is 1.51. The van der Waals surface area contributed by atoms with Crippen molar-refractivity contribution in [2.24, 2.45) is 0 Å². The van der Waals surface area contributed by atoms with E-state index in [1.54, 1.807) is 12.1 Å². The number of carboxylic acids is 1. The molecule has 2 N–H and O–H groups in total. The van der Waals surface area contributed by atoms with Crippen molar-refractivity contribution in [1.29, 1.82) is 0 Å². The van der Waals surface area contributed by atoms with Gasteiger partial charge >= 0.3 is 5.97 Å². The fraction of sp³-hybridized carbons (Fsp3) is 0.300. The van der Waals surface area contributed by atoms with E-state index in [2.05, 4.69) is 0 Å². The molecular weight excluding hydrogens is 220 g/mol. The van der Waals surface area contributed by atoms with Crippen LogP contribution in [0.25, 0.3) is 0 Å². The molecule has 82 valence electrons. The smallest absolute Gasteiger partial charge is 0.313 e. The number of hydrogen-bond donors (Lipinski definition) is 2. The van der Waals surface area contributed by atoms with E-state index in [9.17, 15) is 4.79 Å². The van der Waals surface area contributed by atoms with E-state index < -0.39 is 18.5 Å². The number of benzene rings is 1. The van der Waals surface area contributed by atoms with E-state index in [4.69, 9.17) is 26.6 Å². The Balaban J connectivity index is 3.19. The van der Waals surface area contributed by atoms with Crippen molar-refractivity contribution in [3.63, 3.8) is 0 Å². The molecule has 0 saturated carbocycles. The third-order valence-corrected chi connectivity index (χ3v) is 2.28. The molecule has 0 radical (unpaired) electrons. The molecule has 4 nitrogen and oxygen atoms in total. The van der Waals surface area contributed by atoms with Gasteiger partial charge in [0, 0.05) is 10.6 Å². The van der Waals surface area contributed by atoms with E-state index in [-0.39, 0.29) is 0 Å². The van der Waals surface area contributed by atoms with Crippen LogP contribution in [0.5, 0.6) is 5.75 Å². The Morgan fingerprint density at radius 1 is 1.60 bits per heavy atom. The van der Waals surface area contributed by atoms with Crippen molar-refractivity contribution in [3.8, 4) is 5.75 Å². The van der Waals surface area contributed by atoms with Crippen LogP contribution in [-0.2, 0) is 4.79 Å².